The topological polar surface area (TPSA) is 90.3 Å². The first-order valence-electron chi connectivity index (χ1n) is 5.36. The van der Waals surface area contributed by atoms with Crippen LogP contribution in [-0.2, 0) is 6.42 Å². The van der Waals surface area contributed by atoms with E-state index >= 15 is 0 Å². The van der Waals surface area contributed by atoms with Crippen molar-refractivity contribution >= 4 is 5.82 Å². The molecule has 0 saturated heterocycles. The van der Waals surface area contributed by atoms with Crippen molar-refractivity contribution in [3.8, 4) is 6.07 Å². The number of rotatable bonds is 4. The fourth-order valence-electron chi connectivity index (χ4n) is 1.47. The summed E-state index contributed by atoms with van der Waals surface area (Å²) < 4.78 is 13.7. The number of aromatic amines is 1. The van der Waals surface area contributed by atoms with Crippen LogP contribution in [0.4, 0.5) is 10.2 Å². The van der Waals surface area contributed by atoms with Crippen molar-refractivity contribution in [1.82, 2.24) is 20.2 Å². The maximum Gasteiger partial charge on any atom is 0.234 e. The van der Waals surface area contributed by atoms with Crippen molar-refractivity contribution in [1.29, 1.82) is 5.26 Å². The van der Waals surface area contributed by atoms with Crippen molar-refractivity contribution in [3.05, 3.63) is 35.3 Å². The first-order chi connectivity index (χ1) is 8.70. The van der Waals surface area contributed by atoms with E-state index < -0.39 is 5.82 Å². The molecule has 2 rings (SSSR count). The second kappa shape index (κ2) is 5.23. The molecule has 0 aliphatic rings. The van der Waals surface area contributed by atoms with Gasteiger partial charge in [0.05, 0.1) is 11.9 Å². The number of hydrogen-bond donors (Lipinski definition) is 2. The molecule has 0 atom stereocenters. The Morgan fingerprint density at radius 2 is 2.33 bits per heavy atom. The van der Waals surface area contributed by atoms with Gasteiger partial charge in [0.15, 0.2) is 11.6 Å². The highest BCUT2D eigenvalue weighted by Gasteiger charge is 2.10. The number of hydrogen-bond acceptors (Lipinski definition) is 5. The minimum atomic E-state index is -0.527. The zero-order valence-corrected chi connectivity index (χ0v) is 9.74. The number of aryl methyl sites for hydroxylation is 1. The van der Waals surface area contributed by atoms with Crippen LogP contribution in [0.1, 0.15) is 17.1 Å². The fraction of sp³-hybridized carbons (Fsp3) is 0.273. The quantitative estimate of drug-likeness (QED) is 0.845. The molecule has 0 aliphatic heterocycles. The highest BCUT2D eigenvalue weighted by molar-refractivity contribution is 5.40. The zero-order chi connectivity index (χ0) is 13.0. The fourth-order valence-corrected chi connectivity index (χ4v) is 1.47. The van der Waals surface area contributed by atoms with E-state index in [0.717, 1.165) is 5.56 Å². The SMILES string of the molecule is Cc1nc(C#N)nc(NCCc2cn[nH]c2)c1F. The zero-order valence-electron chi connectivity index (χ0n) is 9.74. The monoisotopic (exact) mass is 246 g/mol. The predicted molar refractivity (Wildman–Crippen MR) is 62.2 cm³/mol. The van der Waals surface area contributed by atoms with Crippen LogP contribution in [0.2, 0.25) is 0 Å². The Morgan fingerprint density at radius 1 is 1.50 bits per heavy atom. The number of nitrogens with one attached hydrogen (secondary N) is 2. The maximum absolute atomic E-state index is 13.7. The van der Waals surface area contributed by atoms with E-state index in [4.69, 9.17) is 5.26 Å². The van der Waals surface area contributed by atoms with Crippen molar-refractivity contribution in [3.63, 3.8) is 0 Å². The van der Waals surface area contributed by atoms with Crippen LogP contribution >= 0.6 is 0 Å². The van der Waals surface area contributed by atoms with Gasteiger partial charge < -0.3 is 5.32 Å². The smallest absolute Gasteiger partial charge is 0.234 e. The van der Waals surface area contributed by atoms with Crippen molar-refractivity contribution in [2.45, 2.75) is 13.3 Å². The van der Waals surface area contributed by atoms with Crippen LogP contribution in [0.3, 0.4) is 0 Å². The number of anilines is 1. The predicted octanol–water partition coefficient (Wildman–Crippen LogP) is 1.17. The molecule has 2 aromatic heterocycles. The van der Waals surface area contributed by atoms with Crippen molar-refractivity contribution in [2.24, 2.45) is 0 Å². The summed E-state index contributed by atoms with van der Waals surface area (Å²) in [6, 6.07) is 1.80. The van der Waals surface area contributed by atoms with Gasteiger partial charge in [0.1, 0.15) is 6.07 Å². The Morgan fingerprint density at radius 3 is 3.00 bits per heavy atom. The third-order valence-electron chi connectivity index (χ3n) is 2.38. The molecule has 7 heteroatoms. The Bertz CT molecular complexity index is 572. The molecule has 0 amide bonds. The molecule has 18 heavy (non-hydrogen) atoms. The van der Waals surface area contributed by atoms with Gasteiger partial charge in [-0.05, 0) is 18.9 Å². The number of nitrogens with zero attached hydrogens (tertiary/aromatic N) is 4. The maximum atomic E-state index is 13.7. The summed E-state index contributed by atoms with van der Waals surface area (Å²) in [6.07, 6.45) is 4.15. The normalized spacial score (nSPS) is 10.1. The molecule has 0 radical (unpaired) electrons. The molecule has 2 N–H and O–H groups in total. The molecule has 6 nitrogen and oxygen atoms in total. The molecule has 0 aromatic carbocycles. The lowest BCUT2D eigenvalue weighted by Crippen LogP contribution is -2.10. The van der Waals surface area contributed by atoms with Gasteiger partial charge >= 0.3 is 0 Å². The highest BCUT2D eigenvalue weighted by atomic mass is 19.1. The molecule has 2 aromatic rings. The van der Waals surface area contributed by atoms with E-state index in [1.165, 1.54) is 6.92 Å². The van der Waals surface area contributed by atoms with Crippen molar-refractivity contribution in [2.75, 3.05) is 11.9 Å². The third-order valence-corrected chi connectivity index (χ3v) is 2.38. The second-order valence-electron chi connectivity index (χ2n) is 3.69. The molecule has 2 heterocycles. The minimum Gasteiger partial charge on any atom is -0.367 e. The third kappa shape index (κ3) is 2.60. The van der Waals surface area contributed by atoms with E-state index in [0.29, 0.717) is 13.0 Å². The lowest BCUT2D eigenvalue weighted by Gasteiger charge is -2.07. The van der Waals surface area contributed by atoms with Gasteiger partial charge in [-0.3, -0.25) is 5.10 Å². The summed E-state index contributed by atoms with van der Waals surface area (Å²) in [5.74, 6) is -0.511. The van der Waals surface area contributed by atoms with Crippen LogP contribution in [0.25, 0.3) is 0 Å². The van der Waals surface area contributed by atoms with E-state index in [1.807, 2.05) is 0 Å². The molecule has 0 spiro atoms. The molecule has 0 unspecified atom stereocenters. The van der Waals surface area contributed by atoms with Crippen LogP contribution in [0.15, 0.2) is 12.4 Å². The van der Waals surface area contributed by atoms with E-state index in [-0.39, 0.29) is 17.3 Å². The van der Waals surface area contributed by atoms with Gasteiger partial charge in [0, 0.05) is 12.7 Å². The number of aromatic nitrogens is 4. The van der Waals surface area contributed by atoms with Gasteiger partial charge in [-0.25, -0.2) is 9.37 Å². The van der Waals surface area contributed by atoms with Crippen molar-refractivity contribution < 1.29 is 4.39 Å². The molecule has 0 aliphatic carbocycles. The van der Waals surface area contributed by atoms with Gasteiger partial charge in [0.2, 0.25) is 5.82 Å². The van der Waals surface area contributed by atoms with Gasteiger partial charge in [-0.1, -0.05) is 0 Å². The Kier molecular flexibility index (Phi) is 3.48. The first kappa shape index (κ1) is 12.0. The lowest BCUT2D eigenvalue weighted by atomic mass is 10.2. The minimum absolute atomic E-state index is 0.0419. The average Bonchev–Trinajstić information content (AvgIpc) is 2.87. The van der Waals surface area contributed by atoms with E-state index in [2.05, 4.69) is 25.5 Å². The molecule has 0 saturated carbocycles. The summed E-state index contributed by atoms with van der Waals surface area (Å²) >= 11 is 0. The summed E-state index contributed by atoms with van der Waals surface area (Å²) in [5.41, 5.74) is 1.17. The highest BCUT2D eigenvalue weighted by Crippen LogP contribution is 2.13. The average molecular weight is 246 g/mol. The molecular formula is C11H11FN6. The van der Waals surface area contributed by atoms with Gasteiger partial charge in [0.25, 0.3) is 0 Å². The molecule has 0 bridgehead atoms. The summed E-state index contributed by atoms with van der Waals surface area (Å²) in [7, 11) is 0. The number of halogens is 1. The van der Waals surface area contributed by atoms with Crippen LogP contribution in [0.5, 0.6) is 0 Å². The molecular weight excluding hydrogens is 235 g/mol. The summed E-state index contributed by atoms with van der Waals surface area (Å²) in [4.78, 5) is 7.50. The largest absolute Gasteiger partial charge is 0.367 e. The van der Waals surface area contributed by atoms with E-state index in [9.17, 15) is 4.39 Å². The van der Waals surface area contributed by atoms with Gasteiger partial charge in [-0.2, -0.15) is 15.3 Å². The Balaban J connectivity index is 2.05. The molecule has 92 valence electrons. The standard InChI is InChI=1S/C11H11FN6/c1-7-10(12)11(18-9(4-13)17-7)14-3-2-8-5-15-16-6-8/h5-6H,2-3H2,1H3,(H,15,16)(H,14,17,18). The van der Waals surface area contributed by atoms with Gasteiger partial charge in [-0.15, -0.1) is 0 Å². The summed E-state index contributed by atoms with van der Waals surface area (Å²) in [5, 5.41) is 18.1. The van der Waals surface area contributed by atoms with Crippen LogP contribution in [0, 0.1) is 24.1 Å². The van der Waals surface area contributed by atoms with E-state index in [1.54, 1.807) is 18.5 Å². The van der Waals surface area contributed by atoms with Crippen LogP contribution in [-0.4, -0.2) is 26.7 Å². The Hall–Kier alpha value is -2.49. The number of nitriles is 1. The molecule has 0 fully saturated rings. The second-order valence-corrected chi connectivity index (χ2v) is 3.69. The Labute approximate surface area is 103 Å². The first-order valence-corrected chi connectivity index (χ1v) is 5.36. The van der Waals surface area contributed by atoms with Crippen LogP contribution < -0.4 is 5.32 Å². The number of H-pyrrole nitrogens is 1. The summed E-state index contributed by atoms with van der Waals surface area (Å²) in [6.45, 7) is 2.00. The lowest BCUT2D eigenvalue weighted by molar-refractivity contribution is 0.603.